The fourth-order valence-electron chi connectivity index (χ4n) is 2.38. The number of hydrogen-bond donors (Lipinski definition) is 1. The lowest BCUT2D eigenvalue weighted by molar-refractivity contribution is 1.06. The van der Waals surface area contributed by atoms with E-state index in [1.54, 1.807) is 0 Å². The molecule has 0 aliphatic heterocycles. The van der Waals surface area contributed by atoms with Crippen LogP contribution in [0.2, 0.25) is 0 Å². The van der Waals surface area contributed by atoms with E-state index >= 15 is 0 Å². The highest BCUT2D eigenvalue weighted by Gasteiger charge is 2.06. The van der Waals surface area contributed by atoms with Gasteiger partial charge < -0.3 is 4.98 Å². The number of aromatic amines is 1. The van der Waals surface area contributed by atoms with Crippen LogP contribution in [0.15, 0.2) is 55.1 Å². The van der Waals surface area contributed by atoms with Crippen molar-refractivity contribution in [2.24, 2.45) is 0 Å². The van der Waals surface area contributed by atoms with Gasteiger partial charge in [-0.1, -0.05) is 18.2 Å². The summed E-state index contributed by atoms with van der Waals surface area (Å²) in [5.41, 5.74) is 3.27. The minimum atomic E-state index is 0.696. The van der Waals surface area contributed by atoms with Crippen LogP contribution in [0.25, 0.3) is 33.2 Å². The molecule has 2 aromatic carbocycles. The number of rotatable bonds is 1. The van der Waals surface area contributed by atoms with Crippen molar-refractivity contribution < 1.29 is 0 Å². The highest BCUT2D eigenvalue weighted by Crippen LogP contribution is 2.28. The molecule has 19 heavy (non-hydrogen) atoms. The van der Waals surface area contributed by atoms with Crippen LogP contribution in [0, 0.1) is 0 Å². The topological polar surface area (TPSA) is 54.5 Å². The van der Waals surface area contributed by atoms with Crippen LogP contribution in [0.3, 0.4) is 0 Å². The van der Waals surface area contributed by atoms with Crippen LogP contribution < -0.4 is 0 Å². The third-order valence-corrected chi connectivity index (χ3v) is 3.26. The van der Waals surface area contributed by atoms with Gasteiger partial charge in [0.2, 0.25) is 0 Å². The first-order chi connectivity index (χ1) is 9.42. The summed E-state index contributed by atoms with van der Waals surface area (Å²) in [4.78, 5) is 15.6. The molecule has 4 heteroatoms. The fourth-order valence-corrected chi connectivity index (χ4v) is 2.38. The SMILES string of the molecule is c1ccc2c(c1)[nH]c1ccc(-c3ncncn3)cc12. The van der Waals surface area contributed by atoms with E-state index in [9.17, 15) is 0 Å². The Morgan fingerprint density at radius 2 is 1.58 bits per heavy atom. The van der Waals surface area contributed by atoms with E-state index < -0.39 is 0 Å². The maximum Gasteiger partial charge on any atom is 0.162 e. The molecule has 0 radical (unpaired) electrons. The second-order valence-electron chi connectivity index (χ2n) is 4.39. The van der Waals surface area contributed by atoms with Gasteiger partial charge in [-0.05, 0) is 24.3 Å². The molecule has 90 valence electrons. The zero-order chi connectivity index (χ0) is 12.7. The summed E-state index contributed by atoms with van der Waals surface area (Å²) in [6, 6.07) is 14.5. The number of hydrogen-bond acceptors (Lipinski definition) is 3. The van der Waals surface area contributed by atoms with Gasteiger partial charge in [-0.2, -0.15) is 0 Å². The molecule has 0 fully saturated rings. The molecule has 4 rings (SSSR count). The predicted molar refractivity (Wildman–Crippen MR) is 74.6 cm³/mol. The van der Waals surface area contributed by atoms with Crippen LogP contribution >= 0.6 is 0 Å². The molecule has 4 aromatic rings. The number of nitrogens with one attached hydrogen (secondary N) is 1. The first kappa shape index (κ1) is 10.2. The van der Waals surface area contributed by atoms with E-state index in [4.69, 9.17) is 0 Å². The Balaban J connectivity index is 2.03. The van der Waals surface area contributed by atoms with E-state index in [0.29, 0.717) is 5.82 Å². The number of nitrogens with zero attached hydrogens (tertiary/aromatic N) is 3. The maximum absolute atomic E-state index is 4.19. The summed E-state index contributed by atoms with van der Waals surface area (Å²) in [5, 5.41) is 2.40. The van der Waals surface area contributed by atoms with Gasteiger partial charge >= 0.3 is 0 Å². The molecular weight excluding hydrogens is 236 g/mol. The van der Waals surface area contributed by atoms with E-state index in [1.807, 2.05) is 18.2 Å². The lowest BCUT2D eigenvalue weighted by Gasteiger charge is -1.99. The van der Waals surface area contributed by atoms with Crippen LogP contribution in [-0.2, 0) is 0 Å². The van der Waals surface area contributed by atoms with E-state index in [2.05, 4.69) is 44.2 Å². The predicted octanol–water partition coefficient (Wildman–Crippen LogP) is 3.17. The number of benzene rings is 2. The van der Waals surface area contributed by atoms with Crippen LogP contribution in [0.1, 0.15) is 0 Å². The normalized spacial score (nSPS) is 11.2. The van der Waals surface area contributed by atoms with Gasteiger partial charge in [0.15, 0.2) is 5.82 Å². The molecule has 1 N–H and O–H groups in total. The molecule has 0 spiro atoms. The first-order valence-corrected chi connectivity index (χ1v) is 6.05. The Morgan fingerprint density at radius 3 is 2.47 bits per heavy atom. The number of aromatic nitrogens is 4. The minimum absolute atomic E-state index is 0.696. The van der Waals surface area contributed by atoms with Gasteiger partial charge in [0, 0.05) is 27.4 Å². The van der Waals surface area contributed by atoms with Gasteiger partial charge in [0.05, 0.1) is 0 Å². The number of H-pyrrole nitrogens is 1. The van der Waals surface area contributed by atoms with Crippen molar-refractivity contribution in [1.82, 2.24) is 19.9 Å². The summed E-state index contributed by atoms with van der Waals surface area (Å²) in [6.07, 6.45) is 3.03. The molecule has 0 saturated carbocycles. The minimum Gasteiger partial charge on any atom is -0.355 e. The molecular formula is C15H10N4. The largest absolute Gasteiger partial charge is 0.355 e. The average molecular weight is 246 g/mol. The monoisotopic (exact) mass is 246 g/mol. The first-order valence-electron chi connectivity index (χ1n) is 6.05. The quantitative estimate of drug-likeness (QED) is 0.561. The van der Waals surface area contributed by atoms with Crippen molar-refractivity contribution >= 4 is 21.8 Å². The van der Waals surface area contributed by atoms with Gasteiger partial charge in [-0.3, -0.25) is 0 Å². The van der Waals surface area contributed by atoms with E-state index in [1.165, 1.54) is 23.4 Å². The highest BCUT2D eigenvalue weighted by atomic mass is 15.0. The average Bonchev–Trinajstić information content (AvgIpc) is 2.86. The van der Waals surface area contributed by atoms with Gasteiger partial charge in [-0.25, -0.2) is 15.0 Å². The van der Waals surface area contributed by atoms with Crippen molar-refractivity contribution in [1.29, 1.82) is 0 Å². The molecule has 4 nitrogen and oxygen atoms in total. The van der Waals surface area contributed by atoms with Crippen molar-refractivity contribution in [2.75, 3.05) is 0 Å². The second kappa shape index (κ2) is 3.88. The molecule has 0 aliphatic carbocycles. The third-order valence-electron chi connectivity index (χ3n) is 3.26. The lowest BCUT2D eigenvalue weighted by Crippen LogP contribution is -1.88. The van der Waals surface area contributed by atoms with Crippen LogP contribution in [0.5, 0.6) is 0 Å². The summed E-state index contributed by atoms with van der Waals surface area (Å²) >= 11 is 0. The molecule has 2 aromatic heterocycles. The van der Waals surface area contributed by atoms with Crippen LogP contribution in [-0.4, -0.2) is 19.9 Å². The zero-order valence-corrected chi connectivity index (χ0v) is 10.0. The molecule has 0 saturated heterocycles. The van der Waals surface area contributed by atoms with Crippen molar-refractivity contribution in [3.8, 4) is 11.4 Å². The van der Waals surface area contributed by atoms with Gasteiger partial charge in [0.1, 0.15) is 12.7 Å². The molecule has 2 heterocycles. The Labute approximate surface area is 109 Å². The number of fused-ring (bicyclic) bond motifs is 3. The second-order valence-corrected chi connectivity index (χ2v) is 4.39. The number of para-hydroxylation sites is 1. The Hall–Kier alpha value is -2.75. The molecule has 0 unspecified atom stereocenters. The van der Waals surface area contributed by atoms with Crippen molar-refractivity contribution in [2.45, 2.75) is 0 Å². The fraction of sp³-hybridized carbons (Fsp3) is 0. The Bertz CT molecular complexity index is 865. The summed E-state index contributed by atoms with van der Waals surface area (Å²) < 4.78 is 0. The van der Waals surface area contributed by atoms with Gasteiger partial charge in [-0.15, -0.1) is 0 Å². The van der Waals surface area contributed by atoms with Gasteiger partial charge in [0.25, 0.3) is 0 Å². The maximum atomic E-state index is 4.19. The Morgan fingerprint density at radius 1 is 0.789 bits per heavy atom. The third kappa shape index (κ3) is 1.57. The lowest BCUT2D eigenvalue weighted by atomic mass is 10.1. The van der Waals surface area contributed by atoms with Crippen molar-refractivity contribution in [3.63, 3.8) is 0 Å². The summed E-state index contributed by atoms with van der Waals surface area (Å²) in [6.45, 7) is 0. The Kier molecular flexibility index (Phi) is 2.08. The molecule has 0 bridgehead atoms. The highest BCUT2D eigenvalue weighted by molar-refractivity contribution is 6.08. The van der Waals surface area contributed by atoms with Crippen LogP contribution in [0.4, 0.5) is 0 Å². The molecule has 0 atom stereocenters. The standard InChI is InChI=1S/C15H10N4/c1-2-4-13-11(3-1)12-7-10(5-6-14(12)19-13)15-17-8-16-9-18-15/h1-9,19H. The zero-order valence-electron chi connectivity index (χ0n) is 10.0. The van der Waals surface area contributed by atoms with Crippen molar-refractivity contribution in [3.05, 3.63) is 55.1 Å². The van der Waals surface area contributed by atoms with E-state index in [-0.39, 0.29) is 0 Å². The smallest absolute Gasteiger partial charge is 0.162 e. The molecule has 0 amide bonds. The summed E-state index contributed by atoms with van der Waals surface area (Å²) in [7, 11) is 0. The summed E-state index contributed by atoms with van der Waals surface area (Å²) in [5.74, 6) is 0.696. The molecule has 0 aliphatic rings. The van der Waals surface area contributed by atoms with E-state index in [0.717, 1.165) is 16.6 Å².